The van der Waals surface area contributed by atoms with E-state index in [1.54, 1.807) is 0 Å². The highest BCUT2D eigenvalue weighted by atomic mass is 16.7. The molecule has 5 aliphatic rings. The zero-order valence-corrected chi connectivity index (χ0v) is 21.1. The van der Waals surface area contributed by atoms with E-state index in [1.165, 1.54) is 0 Å². The SMILES string of the molecule is CC12COC(CNC(=O)C3CCCC3)OC1CCC1(C)C(CC(=O)N3CCCC3)C(O)CCC21. The Morgan fingerprint density at radius 3 is 2.47 bits per heavy atom. The van der Waals surface area contributed by atoms with E-state index in [9.17, 15) is 14.7 Å². The maximum absolute atomic E-state index is 13.0. The predicted octanol–water partition coefficient (Wildman–Crippen LogP) is 3.24. The Labute approximate surface area is 204 Å². The van der Waals surface area contributed by atoms with E-state index in [1.807, 2.05) is 4.90 Å². The molecule has 0 aromatic rings. The molecule has 3 aliphatic carbocycles. The van der Waals surface area contributed by atoms with Crippen molar-refractivity contribution in [3.05, 3.63) is 0 Å². The van der Waals surface area contributed by atoms with Crippen molar-refractivity contribution in [1.29, 1.82) is 0 Å². The third-order valence-corrected chi connectivity index (χ3v) is 10.3. The number of likely N-dealkylation sites (tertiary alicyclic amines) is 1. The molecule has 2 heterocycles. The van der Waals surface area contributed by atoms with Gasteiger partial charge in [-0.25, -0.2) is 0 Å². The van der Waals surface area contributed by atoms with Gasteiger partial charge in [0.15, 0.2) is 6.29 Å². The molecule has 5 fully saturated rings. The van der Waals surface area contributed by atoms with Gasteiger partial charge in [-0.05, 0) is 68.6 Å². The molecular weight excluding hydrogens is 432 g/mol. The molecule has 7 heteroatoms. The second kappa shape index (κ2) is 9.70. The normalized spacial score (nSPS) is 42.8. The second-order valence-electron chi connectivity index (χ2n) is 12.2. The zero-order valence-electron chi connectivity index (χ0n) is 21.1. The quantitative estimate of drug-likeness (QED) is 0.636. The number of carbonyl (C=O) groups is 2. The molecule has 0 radical (unpaired) electrons. The van der Waals surface area contributed by atoms with Crippen LogP contribution in [0.15, 0.2) is 0 Å². The van der Waals surface area contributed by atoms with E-state index in [0.717, 1.165) is 77.3 Å². The molecule has 0 spiro atoms. The number of aliphatic hydroxyl groups is 1. The average molecular weight is 477 g/mol. The number of ether oxygens (including phenoxy) is 2. The van der Waals surface area contributed by atoms with Gasteiger partial charge in [0.1, 0.15) is 0 Å². The highest BCUT2D eigenvalue weighted by Crippen LogP contribution is 2.62. The number of amides is 2. The zero-order chi connectivity index (χ0) is 23.9. The summed E-state index contributed by atoms with van der Waals surface area (Å²) in [7, 11) is 0. The third-order valence-electron chi connectivity index (χ3n) is 10.3. The Morgan fingerprint density at radius 2 is 1.74 bits per heavy atom. The molecule has 3 saturated carbocycles. The lowest BCUT2D eigenvalue weighted by Crippen LogP contribution is -2.63. The van der Waals surface area contributed by atoms with Crippen LogP contribution in [0.1, 0.15) is 84.5 Å². The fraction of sp³-hybridized carbons (Fsp3) is 0.926. The van der Waals surface area contributed by atoms with Crippen LogP contribution >= 0.6 is 0 Å². The second-order valence-corrected chi connectivity index (χ2v) is 12.2. The van der Waals surface area contributed by atoms with Crippen molar-refractivity contribution >= 4 is 11.8 Å². The summed E-state index contributed by atoms with van der Waals surface area (Å²) in [5.41, 5.74) is -0.247. The lowest BCUT2D eigenvalue weighted by atomic mass is 9.46. The first-order valence-corrected chi connectivity index (χ1v) is 13.8. The van der Waals surface area contributed by atoms with Crippen molar-refractivity contribution in [3.8, 4) is 0 Å². The average Bonchev–Trinajstić information content (AvgIpc) is 3.54. The monoisotopic (exact) mass is 476 g/mol. The Balaban J connectivity index is 1.23. The molecule has 2 amide bonds. The Bertz CT molecular complexity index is 764. The first-order valence-electron chi connectivity index (χ1n) is 13.8. The van der Waals surface area contributed by atoms with Gasteiger partial charge in [-0.1, -0.05) is 26.7 Å². The van der Waals surface area contributed by atoms with E-state index in [2.05, 4.69) is 19.2 Å². The number of aliphatic hydroxyl groups excluding tert-OH is 1. The summed E-state index contributed by atoms with van der Waals surface area (Å²) >= 11 is 0. The van der Waals surface area contributed by atoms with Crippen molar-refractivity contribution in [2.75, 3.05) is 26.2 Å². The van der Waals surface area contributed by atoms with E-state index in [0.29, 0.717) is 25.5 Å². The van der Waals surface area contributed by atoms with Crippen LogP contribution in [0.2, 0.25) is 0 Å². The van der Waals surface area contributed by atoms with Crippen LogP contribution in [-0.2, 0) is 19.1 Å². The fourth-order valence-corrected chi connectivity index (χ4v) is 8.19. The standard InChI is InChI=1S/C27H44N2O5/c1-26-12-11-22-27(2,17-33-24(34-22)16-28-25(32)18-7-3-4-8-18)21(26)10-9-20(30)19(26)15-23(31)29-13-5-6-14-29/h18-22,24,30H,3-17H2,1-2H3,(H,28,32). The van der Waals surface area contributed by atoms with Crippen molar-refractivity contribution in [1.82, 2.24) is 10.2 Å². The summed E-state index contributed by atoms with van der Waals surface area (Å²) in [5, 5.41) is 14.1. The van der Waals surface area contributed by atoms with Crippen molar-refractivity contribution < 1.29 is 24.2 Å². The van der Waals surface area contributed by atoms with Crippen LogP contribution in [0, 0.1) is 28.6 Å². The van der Waals surface area contributed by atoms with Gasteiger partial charge in [0.25, 0.3) is 0 Å². The van der Waals surface area contributed by atoms with Crippen LogP contribution in [0.5, 0.6) is 0 Å². The first kappa shape index (κ1) is 24.5. The smallest absolute Gasteiger partial charge is 0.223 e. The first-order chi connectivity index (χ1) is 16.3. The number of fused-ring (bicyclic) bond motifs is 3. The van der Waals surface area contributed by atoms with Crippen molar-refractivity contribution in [2.24, 2.45) is 28.6 Å². The lowest BCUT2D eigenvalue weighted by Gasteiger charge is -2.63. The minimum Gasteiger partial charge on any atom is -0.393 e. The van der Waals surface area contributed by atoms with Crippen LogP contribution in [0.4, 0.5) is 0 Å². The number of hydrogen-bond acceptors (Lipinski definition) is 5. The molecule has 0 aromatic carbocycles. The summed E-state index contributed by atoms with van der Waals surface area (Å²) in [6.07, 6.45) is 9.72. The molecule has 34 heavy (non-hydrogen) atoms. The van der Waals surface area contributed by atoms with Crippen molar-refractivity contribution in [2.45, 2.75) is 103 Å². The largest absolute Gasteiger partial charge is 0.393 e. The summed E-state index contributed by atoms with van der Waals surface area (Å²) in [5.74, 6) is 0.831. The number of carbonyl (C=O) groups excluding carboxylic acids is 2. The summed E-state index contributed by atoms with van der Waals surface area (Å²) in [6, 6.07) is 0. The minimum absolute atomic E-state index is 0.0134. The molecule has 7 atom stereocenters. The maximum Gasteiger partial charge on any atom is 0.223 e. The summed E-state index contributed by atoms with van der Waals surface area (Å²) in [4.78, 5) is 27.5. The van der Waals surface area contributed by atoms with Crippen molar-refractivity contribution in [3.63, 3.8) is 0 Å². The van der Waals surface area contributed by atoms with Gasteiger partial charge in [-0.2, -0.15) is 0 Å². The molecule has 2 saturated heterocycles. The number of rotatable bonds is 5. The summed E-state index contributed by atoms with van der Waals surface area (Å²) in [6.45, 7) is 7.33. The Morgan fingerprint density at radius 1 is 1.00 bits per heavy atom. The van der Waals surface area contributed by atoms with Crippen LogP contribution in [0.3, 0.4) is 0 Å². The van der Waals surface area contributed by atoms with Crippen LogP contribution in [-0.4, -0.2) is 66.6 Å². The molecule has 7 unspecified atom stereocenters. The highest BCUT2D eigenvalue weighted by molar-refractivity contribution is 5.78. The van der Waals surface area contributed by atoms with Gasteiger partial charge < -0.3 is 24.8 Å². The topological polar surface area (TPSA) is 88.1 Å². The van der Waals surface area contributed by atoms with Gasteiger partial charge in [0.05, 0.1) is 25.4 Å². The van der Waals surface area contributed by atoms with E-state index in [-0.39, 0.29) is 40.6 Å². The molecule has 5 rings (SSSR count). The molecule has 192 valence electrons. The predicted molar refractivity (Wildman–Crippen MR) is 128 cm³/mol. The van der Waals surface area contributed by atoms with Gasteiger partial charge in [-0.15, -0.1) is 0 Å². The lowest BCUT2D eigenvalue weighted by molar-refractivity contribution is -0.306. The van der Waals surface area contributed by atoms with Gasteiger partial charge in [0, 0.05) is 30.8 Å². The molecule has 2 N–H and O–H groups in total. The fourth-order valence-electron chi connectivity index (χ4n) is 8.19. The Kier molecular flexibility index (Phi) is 6.99. The summed E-state index contributed by atoms with van der Waals surface area (Å²) < 4.78 is 12.7. The van der Waals surface area contributed by atoms with Crippen LogP contribution < -0.4 is 5.32 Å². The third kappa shape index (κ3) is 4.41. The molecule has 0 bridgehead atoms. The number of nitrogens with zero attached hydrogens (tertiary/aromatic N) is 1. The maximum atomic E-state index is 13.0. The van der Waals surface area contributed by atoms with Gasteiger partial charge in [-0.3, -0.25) is 9.59 Å². The number of hydrogen-bond donors (Lipinski definition) is 2. The number of nitrogens with one attached hydrogen (secondary N) is 1. The highest BCUT2D eigenvalue weighted by Gasteiger charge is 2.61. The van der Waals surface area contributed by atoms with E-state index in [4.69, 9.17) is 9.47 Å². The van der Waals surface area contributed by atoms with Gasteiger partial charge in [0.2, 0.25) is 11.8 Å². The minimum atomic E-state index is -0.420. The molecule has 2 aliphatic heterocycles. The molecular formula is C27H44N2O5. The van der Waals surface area contributed by atoms with E-state index < -0.39 is 12.4 Å². The molecule has 0 aromatic heterocycles. The Hall–Kier alpha value is -1.18. The molecule has 7 nitrogen and oxygen atoms in total. The van der Waals surface area contributed by atoms with E-state index >= 15 is 0 Å². The van der Waals surface area contributed by atoms with Gasteiger partial charge >= 0.3 is 0 Å². The van der Waals surface area contributed by atoms with Crippen LogP contribution in [0.25, 0.3) is 0 Å².